The first-order valence-corrected chi connectivity index (χ1v) is 10.4. The van der Waals surface area contributed by atoms with Gasteiger partial charge in [-0.2, -0.15) is 8.42 Å². The number of ether oxygens (including phenoxy) is 2. The third-order valence-electron chi connectivity index (χ3n) is 5.49. The summed E-state index contributed by atoms with van der Waals surface area (Å²) in [6.45, 7) is 3.92. The van der Waals surface area contributed by atoms with Crippen molar-refractivity contribution in [3.8, 4) is 0 Å². The van der Waals surface area contributed by atoms with Gasteiger partial charge in [-0.25, -0.2) is 4.79 Å². The zero-order chi connectivity index (χ0) is 18.5. The number of rotatable bonds is 4. The van der Waals surface area contributed by atoms with Crippen LogP contribution in [0.25, 0.3) is 0 Å². The highest BCUT2D eigenvalue weighted by atomic mass is 32.2. The maximum Gasteiger partial charge on any atom is 0.410 e. The Morgan fingerprint density at radius 3 is 2.62 bits per heavy atom. The Labute approximate surface area is 153 Å². The van der Waals surface area contributed by atoms with E-state index in [4.69, 9.17) is 13.7 Å². The van der Waals surface area contributed by atoms with Crippen LogP contribution >= 0.6 is 0 Å². The second-order valence-electron chi connectivity index (χ2n) is 7.09. The first-order valence-electron chi connectivity index (χ1n) is 9.01. The number of carbonyl (C=O) groups is 1. The molecule has 0 spiro atoms. The fourth-order valence-corrected chi connectivity index (χ4v) is 5.44. The van der Waals surface area contributed by atoms with Gasteiger partial charge < -0.3 is 9.47 Å². The van der Waals surface area contributed by atoms with Crippen LogP contribution in [0.1, 0.15) is 31.7 Å². The minimum absolute atomic E-state index is 0.0558. The summed E-state index contributed by atoms with van der Waals surface area (Å²) in [5.41, 5.74) is 0.968. The average molecular weight is 381 g/mol. The van der Waals surface area contributed by atoms with Gasteiger partial charge in [0, 0.05) is 0 Å². The van der Waals surface area contributed by atoms with Crippen LogP contribution in [0.3, 0.4) is 0 Å². The molecule has 0 unspecified atom stereocenters. The molecule has 0 aromatic heterocycles. The quantitative estimate of drug-likeness (QED) is 0.744. The van der Waals surface area contributed by atoms with Gasteiger partial charge in [-0.15, -0.1) is 0 Å². The summed E-state index contributed by atoms with van der Waals surface area (Å²) < 4.78 is 42.3. The minimum atomic E-state index is -3.95. The van der Waals surface area contributed by atoms with Gasteiger partial charge >= 0.3 is 6.09 Å². The highest BCUT2D eigenvalue weighted by Crippen LogP contribution is 2.45. The van der Waals surface area contributed by atoms with E-state index in [-0.39, 0.29) is 35.8 Å². The van der Waals surface area contributed by atoms with Gasteiger partial charge in [-0.3, -0.25) is 9.08 Å². The van der Waals surface area contributed by atoms with Crippen molar-refractivity contribution in [3.05, 3.63) is 29.8 Å². The molecule has 8 heteroatoms. The Kier molecular flexibility index (Phi) is 4.45. The van der Waals surface area contributed by atoms with Crippen LogP contribution in [0.2, 0.25) is 0 Å². The Hall–Kier alpha value is -1.64. The van der Waals surface area contributed by atoms with Crippen LogP contribution in [0.15, 0.2) is 29.2 Å². The molecule has 1 aromatic carbocycles. The Morgan fingerprint density at radius 2 is 1.92 bits per heavy atom. The van der Waals surface area contributed by atoms with Crippen LogP contribution in [-0.2, 0) is 23.8 Å². The van der Waals surface area contributed by atoms with Gasteiger partial charge in [0.2, 0.25) is 0 Å². The van der Waals surface area contributed by atoms with Crippen LogP contribution in [0.4, 0.5) is 4.79 Å². The largest absolute Gasteiger partial charge is 0.450 e. The van der Waals surface area contributed by atoms with Gasteiger partial charge in [-0.05, 0) is 45.2 Å². The number of aryl methyl sites for hydroxylation is 1. The average Bonchev–Trinajstić information content (AvgIpc) is 2.91. The Balaban J connectivity index is 1.61. The zero-order valence-electron chi connectivity index (χ0n) is 14.8. The summed E-state index contributed by atoms with van der Waals surface area (Å²) in [7, 11) is -3.95. The van der Waals surface area contributed by atoms with E-state index in [1.165, 1.54) is 12.1 Å². The first kappa shape index (κ1) is 17.8. The molecule has 0 saturated carbocycles. The molecule has 1 aromatic rings. The normalized spacial score (nSPS) is 32.7. The number of fused-ring (bicyclic) bond motifs is 2. The van der Waals surface area contributed by atoms with E-state index in [2.05, 4.69) is 0 Å². The predicted octanol–water partition coefficient (Wildman–Crippen LogP) is 2.23. The number of benzene rings is 1. The molecule has 3 aliphatic heterocycles. The fourth-order valence-electron chi connectivity index (χ4n) is 4.32. The molecule has 3 heterocycles. The standard InChI is InChI=1S/C18H23NO6S/c1-3-23-18(20)19-13-8-9-15-14(19)10-16(24-15)17(13)25-26(21,22)12-6-4-11(2)5-7-12/h4-7,13-17H,3,8-10H2,1-2H3/t13-,14-,15-,16-,17+/m1/s1. The van der Waals surface area contributed by atoms with Crippen LogP contribution in [0.5, 0.6) is 0 Å². The van der Waals surface area contributed by atoms with Crippen LogP contribution in [-0.4, -0.2) is 56.4 Å². The van der Waals surface area contributed by atoms with Crippen LogP contribution in [0, 0.1) is 6.92 Å². The van der Waals surface area contributed by atoms with E-state index in [9.17, 15) is 13.2 Å². The molecular weight excluding hydrogens is 358 g/mol. The molecule has 7 nitrogen and oxygen atoms in total. The Bertz CT molecular complexity index is 792. The van der Waals surface area contributed by atoms with Crippen molar-refractivity contribution in [1.29, 1.82) is 0 Å². The molecule has 3 aliphatic rings. The molecule has 3 fully saturated rings. The van der Waals surface area contributed by atoms with Crippen molar-refractivity contribution >= 4 is 16.2 Å². The number of hydrogen-bond acceptors (Lipinski definition) is 6. The van der Waals surface area contributed by atoms with Crippen molar-refractivity contribution in [2.75, 3.05) is 6.61 Å². The highest BCUT2D eigenvalue weighted by Gasteiger charge is 2.58. The molecule has 0 N–H and O–H groups in total. The number of nitrogens with zero attached hydrogens (tertiary/aromatic N) is 1. The molecule has 3 saturated heterocycles. The van der Waals surface area contributed by atoms with Gasteiger partial charge in [-0.1, -0.05) is 17.7 Å². The van der Waals surface area contributed by atoms with Crippen molar-refractivity contribution in [1.82, 2.24) is 4.90 Å². The molecule has 1 amide bonds. The predicted molar refractivity (Wildman–Crippen MR) is 92.2 cm³/mol. The van der Waals surface area contributed by atoms with E-state index < -0.39 is 22.3 Å². The molecule has 4 rings (SSSR count). The minimum Gasteiger partial charge on any atom is -0.450 e. The number of hydrogen-bond donors (Lipinski definition) is 0. The van der Waals surface area contributed by atoms with E-state index in [0.29, 0.717) is 12.8 Å². The van der Waals surface area contributed by atoms with E-state index in [0.717, 1.165) is 12.0 Å². The molecule has 0 radical (unpaired) electrons. The summed E-state index contributed by atoms with van der Waals surface area (Å²) in [5.74, 6) is 0. The Morgan fingerprint density at radius 1 is 1.19 bits per heavy atom. The lowest BCUT2D eigenvalue weighted by atomic mass is 9.83. The summed E-state index contributed by atoms with van der Waals surface area (Å²) in [6.07, 6.45) is 0.497. The summed E-state index contributed by atoms with van der Waals surface area (Å²) in [6, 6.07) is 6.13. The third-order valence-corrected chi connectivity index (χ3v) is 6.81. The lowest BCUT2D eigenvalue weighted by Crippen LogP contribution is -2.62. The maximum atomic E-state index is 12.8. The second-order valence-corrected chi connectivity index (χ2v) is 8.67. The van der Waals surface area contributed by atoms with Gasteiger partial charge in [0.15, 0.2) is 0 Å². The molecule has 26 heavy (non-hydrogen) atoms. The van der Waals surface area contributed by atoms with Gasteiger partial charge in [0.05, 0.1) is 35.8 Å². The fraction of sp³-hybridized carbons (Fsp3) is 0.611. The van der Waals surface area contributed by atoms with Crippen molar-refractivity contribution in [2.24, 2.45) is 0 Å². The topological polar surface area (TPSA) is 82.1 Å². The lowest BCUT2D eigenvalue weighted by Gasteiger charge is -2.46. The third kappa shape index (κ3) is 2.90. The molecule has 142 valence electrons. The first-order chi connectivity index (χ1) is 12.4. The SMILES string of the molecule is CCOC(=O)N1[C@@H]2CC[C@H]3O[C@H](C[C@H]31)[C@H]2OS(=O)(=O)c1ccc(C)cc1. The number of piperidine rings is 2. The van der Waals surface area contributed by atoms with E-state index in [1.807, 2.05) is 6.92 Å². The molecular formula is C18H23NO6S. The van der Waals surface area contributed by atoms with E-state index in [1.54, 1.807) is 24.0 Å². The molecule has 5 atom stereocenters. The lowest BCUT2D eigenvalue weighted by molar-refractivity contribution is -0.0277. The van der Waals surface area contributed by atoms with Crippen LogP contribution < -0.4 is 0 Å². The van der Waals surface area contributed by atoms with Crippen molar-refractivity contribution < 1.29 is 26.9 Å². The van der Waals surface area contributed by atoms with E-state index >= 15 is 0 Å². The van der Waals surface area contributed by atoms with Gasteiger partial charge in [0.25, 0.3) is 10.1 Å². The number of amides is 1. The highest BCUT2D eigenvalue weighted by molar-refractivity contribution is 7.86. The monoisotopic (exact) mass is 381 g/mol. The molecule has 3 bridgehead atoms. The number of carbonyl (C=O) groups excluding carboxylic acids is 1. The zero-order valence-corrected chi connectivity index (χ0v) is 15.6. The van der Waals surface area contributed by atoms with Crippen molar-refractivity contribution in [2.45, 2.75) is 68.4 Å². The van der Waals surface area contributed by atoms with Gasteiger partial charge in [0.1, 0.15) is 6.10 Å². The summed E-state index contributed by atoms with van der Waals surface area (Å²) in [5, 5.41) is 0. The summed E-state index contributed by atoms with van der Waals surface area (Å²) in [4.78, 5) is 14.2. The van der Waals surface area contributed by atoms with Crippen molar-refractivity contribution in [3.63, 3.8) is 0 Å². The summed E-state index contributed by atoms with van der Waals surface area (Å²) >= 11 is 0. The molecule has 0 aliphatic carbocycles. The second kappa shape index (κ2) is 6.51. The smallest absolute Gasteiger partial charge is 0.410 e. The maximum absolute atomic E-state index is 12.8.